The first-order valence-electron chi connectivity index (χ1n) is 8.96. The molecule has 4 rings (SSSR count). The Hall–Kier alpha value is -3.12. The van der Waals surface area contributed by atoms with Crippen LogP contribution in [0.2, 0.25) is 0 Å². The third-order valence-electron chi connectivity index (χ3n) is 4.75. The third kappa shape index (κ3) is 3.77. The highest BCUT2D eigenvalue weighted by atomic mass is 32.2. The number of carbonyl (C=O) groups is 1. The monoisotopic (exact) mass is 390 g/mol. The Balaban J connectivity index is 1.66. The summed E-state index contributed by atoms with van der Waals surface area (Å²) in [6, 6.07) is 24.3. The van der Waals surface area contributed by atoms with Gasteiger partial charge in [-0.2, -0.15) is 0 Å². The number of anilines is 1. The summed E-state index contributed by atoms with van der Waals surface area (Å²) in [6.45, 7) is 0.385. The van der Waals surface area contributed by atoms with Gasteiger partial charge < -0.3 is 4.90 Å². The molecule has 140 valence electrons. The van der Waals surface area contributed by atoms with E-state index in [-0.39, 0.29) is 16.8 Å². The minimum atomic E-state index is -0.419. The summed E-state index contributed by atoms with van der Waals surface area (Å²) in [4.78, 5) is 26.4. The lowest BCUT2D eigenvalue weighted by molar-refractivity contribution is -0.384. The molecule has 0 saturated heterocycles. The van der Waals surface area contributed by atoms with Crippen LogP contribution in [0.3, 0.4) is 0 Å². The van der Waals surface area contributed by atoms with Gasteiger partial charge in [0.1, 0.15) is 0 Å². The Kier molecular flexibility index (Phi) is 5.12. The molecule has 3 aromatic rings. The summed E-state index contributed by atoms with van der Waals surface area (Å²) in [5.74, 6) is 0.0460. The number of non-ortho nitro benzene ring substituents is 1. The van der Waals surface area contributed by atoms with Crippen molar-refractivity contribution in [1.82, 2.24) is 0 Å². The number of fused-ring (bicyclic) bond motifs is 1. The largest absolute Gasteiger partial charge is 0.307 e. The van der Waals surface area contributed by atoms with Crippen LogP contribution < -0.4 is 4.90 Å². The third-order valence-corrected chi connectivity index (χ3v) is 6.07. The second-order valence-electron chi connectivity index (χ2n) is 6.59. The van der Waals surface area contributed by atoms with E-state index >= 15 is 0 Å². The van der Waals surface area contributed by atoms with Crippen LogP contribution in [-0.2, 0) is 11.3 Å². The molecule has 0 radical (unpaired) electrons. The van der Waals surface area contributed by atoms with Gasteiger partial charge in [0.15, 0.2) is 0 Å². The summed E-state index contributed by atoms with van der Waals surface area (Å²) in [5.41, 5.74) is 2.92. The van der Waals surface area contributed by atoms with Gasteiger partial charge in [0.25, 0.3) is 5.69 Å². The normalized spacial score (nSPS) is 16.4. The fourth-order valence-electron chi connectivity index (χ4n) is 3.31. The van der Waals surface area contributed by atoms with Crippen molar-refractivity contribution in [2.45, 2.75) is 23.1 Å². The molecule has 0 bridgehead atoms. The quantitative estimate of drug-likeness (QED) is 0.444. The average molecular weight is 390 g/mol. The van der Waals surface area contributed by atoms with Gasteiger partial charge in [0.2, 0.25) is 5.91 Å². The van der Waals surface area contributed by atoms with Gasteiger partial charge in [-0.15, -0.1) is 11.8 Å². The van der Waals surface area contributed by atoms with Crippen molar-refractivity contribution in [2.75, 3.05) is 4.90 Å². The van der Waals surface area contributed by atoms with E-state index in [0.717, 1.165) is 21.7 Å². The van der Waals surface area contributed by atoms with Crippen LogP contribution in [0, 0.1) is 10.1 Å². The fraction of sp³-hybridized carbons (Fsp3) is 0.136. The van der Waals surface area contributed by atoms with Crippen molar-refractivity contribution < 1.29 is 9.72 Å². The zero-order valence-electron chi connectivity index (χ0n) is 15.0. The van der Waals surface area contributed by atoms with Gasteiger partial charge in [0, 0.05) is 28.7 Å². The molecule has 0 saturated carbocycles. The van der Waals surface area contributed by atoms with E-state index in [9.17, 15) is 14.9 Å². The van der Waals surface area contributed by atoms with Crippen LogP contribution in [-0.4, -0.2) is 10.8 Å². The summed E-state index contributed by atoms with van der Waals surface area (Å²) >= 11 is 1.70. The van der Waals surface area contributed by atoms with Gasteiger partial charge >= 0.3 is 0 Å². The second-order valence-corrected chi connectivity index (χ2v) is 7.84. The minimum absolute atomic E-state index is 0.0460. The van der Waals surface area contributed by atoms with E-state index in [0.29, 0.717) is 13.0 Å². The number of rotatable bonds is 4. The molecule has 3 aromatic carbocycles. The maximum Gasteiger partial charge on any atom is 0.269 e. The maximum atomic E-state index is 13.1. The van der Waals surface area contributed by atoms with Crippen LogP contribution in [0.25, 0.3) is 0 Å². The van der Waals surface area contributed by atoms with Gasteiger partial charge in [-0.05, 0) is 23.3 Å². The molecule has 1 atom stereocenters. The summed E-state index contributed by atoms with van der Waals surface area (Å²) < 4.78 is 0. The van der Waals surface area contributed by atoms with Gasteiger partial charge in [-0.1, -0.05) is 54.6 Å². The number of carbonyl (C=O) groups excluding carboxylic acids is 1. The maximum absolute atomic E-state index is 13.1. The number of nitro benzene ring substituents is 1. The number of amides is 1. The number of hydrogen-bond acceptors (Lipinski definition) is 4. The van der Waals surface area contributed by atoms with Crippen LogP contribution >= 0.6 is 11.8 Å². The SMILES string of the molecule is O=C1CC(c2ccccc2)Sc2ccccc2N1Cc1ccc([N+](=O)[O-])cc1. The lowest BCUT2D eigenvalue weighted by Crippen LogP contribution is -2.30. The van der Waals surface area contributed by atoms with E-state index in [1.807, 2.05) is 42.5 Å². The molecule has 0 spiro atoms. The van der Waals surface area contributed by atoms with Crippen LogP contribution in [0.5, 0.6) is 0 Å². The highest BCUT2D eigenvalue weighted by Crippen LogP contribution is 2.45. The molecule has 1 heterocycles. The number of benzene rings is 3. The Bertz CT molecular complexity index is 1010. The molecule has 1 amide bonds. The molecule has 1 unspecified atom stereocenters. The smallest absolute Gasteiger partial charge is 0.269 e. The predicted molar refractivity (Wildman–Crippen MR) is 110 cm³/mol. The first-order valence-corrected chi connectivity index (χ1v) is 9.84. The lowest BCUT2D eigenvalue weighted by atomic mass is 10.1. The molecule has 0 aliphatic carbocycles. The molecule has 1 aliphatic heterocycles. The van der Waals surface area contributed by atoms with Gasteiger partial charge in [0.05, 0.1) is 17.2 Å². The van der Waals surface area contributed by atoms with Crippen LogP contribution in [0.4, 0.5) is 11.4 Å². The molecule has 1 aliphatic rings. The van der Waals surface area contributed by atoms with Crippen molar-refractivity contribution in [1.29, 1.82) is 0 Å². The van der Waals surface area contributed by atoms with Crippen LogP contribution in [0.15, 0.2) is 83.8 Å². The van der Waals surface area contributed by atoms with E-state index in [1.165, 1.54) is 12.1 Å². The zero-order valence-corrected chi connectivity index (χ0v) is 15.8. The van der Waals surface area contributed by atoms with Gasteiger partial charge in [-0.3, -0.25) is 14.9 Å². The molecule has 0 fully saturated rings. The second kappa shape index (κ2) is 7.86. The van der Waals surface area contributed by atoms with Crippen LogP contribution in [0.1, 0.15) is 22.8 Å². The van der Waals surface area contributed by atoms with Crippen molar-refractivity contribution in [2.24, 2.45) is 0 Å². The van der Waals surface area contributed by atoms with E-state index < -0.39 is 4.92 Å². The number of thioether (sulfide) groups is 1. The molecule has 6 heteroatoms. The molecule has 5 nitrogen and oxygen atoms in total. The van der Waals surface area contributed by atoms with Crippen molar-refractivity contribution in [3.63, 3.8) is 0 Å². The summed E-state index contributed by atoms with van der Waals surface area (Å²) in [6.07, 6.45) is 0.399. The number of para-hydroxylation sites is 1. The highest BCUT2D eigenvalue weighted by Gasteiger charge is 2.29. The number of nitro groups is 1. The van der Waals surface area contributed by atoms with E-state index in [1.54, 1.807) is 28.8 Å². The first-order chi connectivity index (χ1) is 13.6. The number of nitrogens with zero attached hydrogens (tertiary/aromatic N) is 2. The molecular weight excluding hydrogens is 372 g/mol. The molecule has 0 aromatic heterocycles. The standard InChI is InChI=1S/C22H18N2O3S/c25-22-14-21(17-6-2-1-3-7-17)28-20-9-5-4-8-19(20)23(22)15-16-10-12-18(13-11-16)24(26)27/h1-13,21H,14-15H2. The highest BCUT2D eigenvalue weighted by molar-refractivity contribution is 7.99. The first kappa shape index (κ1) is 18.3. The lowest BCUT2D eigenvalue weighted by Gasteiger charge is -2.22. The minimum Gasteiger partial charge on any atom is -0.307 e. The molecule has 28 heavy (non-hydrogen) atoms. The Morgan fingerprint density at radius 2 is 1.64 bits per heavy atom. The molecule has 0 N–H and O–H groups in total. The average Bonchev–Trinajstić information content (AvgIpc) is 2.86. The topological polar surface area (TPSA) is 63.5 Å². The van der Waals surface area contributed by atoms with Crippen molar-refractivity contribution in [3.8, 4) is 0 Å². The fourth-order valence-corrected chi connectivity index (χ4v) is 4.59. The Morgan fingerprint density at radius 1 is 0.964 bits per heavy atom. The Morgan fingerprint density at radius 3 is 2.36 bits per heavy atom. The zero-order chi connectivity index (χ0) is 19.5. The van der Waals surface area contributed by atoms with E-state index in [4.69, 9.17) is 0 Å². The van der Waals surface area contributed by atoms with Crippen molar-refractivity contribution in [3.05, 3.63) is 100 Å². The Labute approximate surface area is 167 Å². The van der Waals surface area contributed by atoms with Crippen molar-refractivity contribution >= 4 is 29.0 Å². The summed E-state index contributed by atoms with van der Waals surface area (Å²) in [5, 5.41) is 10.9. The summed E-state index contributed by atoms with van der Waals surface area (Å²) in [7, 11) is 0. The number of hydrogen-bond donors (Lipinski definition) is 0. The van der Waals surface area contributed by atoms with Gasteiger partial charge in [-0.25, -0.2) is 0 Å². The predicted octanol–water partition coefficient (Wildman–Crippen LogP) is 5.37. The van der Waals surface area contributed by atoms with E-state index in [2.05, 4.69) is 12.1 Å². The molecular formula is C22H18N2O3S.